The highest BCUT2D eigenvalue weighted by Gasteiger charge is 2.56. The lowest BCUT2D eigenvalue weighted by Crippen LogP contribution is -2.67. The van der Waals surface area contributed by atoms with Crippen LogP contribution in [0.1, 0.15) is 61.8 Å². The minimum absolute atomic E-state index is 0.0526. The second-order valence-corrected chi connectivity index (χ2v) is 23.9. The summed E-state index contributed by atoms with van der Waals surface area (Å²) in [6.45, 7) is 31.2. The Kier molecular flexibility index (Phi) is 7.67. The summed E-state index contributed by atoms with van der Waals surface area (Å²) in [5.74, 6) is 0. The largest absolute Gasteiger partial charge is 0.416 e. The van der Waals surface area contributed by atoms with Gasteiger partial charge in [0.2, 0.25) is 8.32 Å². The van der Waals surface area contributed by atoms with E-state index >= 15 is 0 Å². The van der Waals surface area contributed by atoms with E-state index in [1.165, 1.54) is 0 Å². The standard InChI is InChI=1S/C19H46O3Si3/c1-16(2,20)15-17(3,4)24(11,12)19(7,8)22-25(13,14)18(5,6)21-23(9)10/h20,23H,15H2,1-14H3. The van der Waals surface area contributed by atoms with Crippen LogP contribution < -0.4 is 0 Å². The number of hydrogen-bond acceptors (Lipinski definition) is 3. The Morgan fingerprint density at radius 1 is 0.800 bits per heavy atom. The molecule has 0 spiro atoms. The lowest BCUT2D eigenvalue weighted by atomic mass is 9.95. The van der Waals surface area contributed by atoms with Crippen molar-refractivity contribution in [2.75, 3.05) is 0 Å². The normalized spacial score (nSPS) is 15.8. The van der Waals surface area contributed by atoms with E-state index in [1.54, 1.807) is 0 Å². The molecule has 0 saturated heterocycles. The summed E-state index contributed by atoms with van der Waals surface area (Å²) >= 11 is 0. The smallest absolute Gasteiger partial charge is 0.216 e. The molecule has 0 atom stereocenters. The van der Waals surface area contributed by atoms with Crippen molar-refractivity contribution < 1.29 is 14.0 Å². The summed E-state index contributed by atoms with van der Waals surface area (Å²) in [6, 6.07) is 0. The highest BCUT2D eigenvalue weighted by Crippen LogP contribution is 2.50. The molecular formula is C19H46O3Si3. The van der Waals surface area contributed by atoms with Gasteiger partial charge in [0.25, 0.3) is 0 Å². The van der Waals surface area contributed by atoms with Gasteiger partial charge in [-0.2, -0.15) is 0 Å². The Bertz CT molecular complexity index is 447. The zero-order chi connectivity index (χ0) is 20.7. The highest BCUT2D eigenvalue weighted by molar-refractivity contribution is 6.84. The van der Waals surface area contributed by atoms with Crippen LogP contribution in [0.4, 0.5) is 0 Å². The fraction of sp³-hybridized carbons (Fsp3) is 1.00. The van der Waals surface area contributed by atoms with E-state index in [2.05, 4.69) is 80.8 Å². The molecule has 0 aliphatic carbocycles. The second-order valence-electron chi connectivity index (χ2n) is 11.3. The molecule has 0 unspecified atom stereocenters. The van der Waals surface area contributed by atoms with E-state index in [4.69, 9.17) is 8.85 Å². The summed E-state index contributed by atoms with van der Waals surface area (Å²) in [7, 11) is -5.11. The van der Waals surface area contributed by atoms with Crippen LogP contribution in [0, 0.1) is 0 Å². The average Bonchev–Trinajstić information content (AvgIpc) is 2.20. The fourth-order valence-electron chi connectivity index (χ4n) is 3.74. The van der Waals surface area contributed by atoms with Crippen molar-refractivity contribution in [1.29, 1.82) is 0 Å². The van der Waals surface area contributed by atoms with Gasteiger partial charge in [0.05, 0.1) is 18.9 Å². The number of aliphatic hydroxyl groups is 1. The van der Waals surface area contributed by atoms with Crippen molar-refractivity contribution in [3.05, 3.63) is 0 Å². The fourth-order valence-corrected chi connectivity index (χ4v) is 12.6. The molecule has 0 aliphatic rings. The van der Waals surface area contributed by atoms with E-state index < -0.39 is 31.0 Å². The SMILES string of the molecule is C[SiH](C)OC(C)(C)[Si](C)(C)OC(C)(C)[Si](C)(C)C(C)(C)CC(C)(C)O. The van der Waals surface area contributed by atoms with E-state index in [1.807, 2.05) is 13.8 Å². The summed E-state index contributed by atoms with van der Waals surface area (Å²) in [4.78, 5) is 0. The molecule has 1 N–H and O–H groups in total. The molecule has 0 fully saturated rings. The summed E-state index contributed by atoms with van der Waals surface area (Å²) in [5, 5.41) is 10.1. The molecule has 0 saturated carbocycles. The summed E-state index contributed by atoms with van der Waals surface area (Å²) < 4.78 is 13.4. The molecule has 0 aromatic heterocycles. The highest BCUT2D eigenvalue weighted by atomic mass is 28.4. The Hall–Kier alpha value is 0.531. The van der Waals surface area contributed by atoms with Crippen LogP contribution in [0.25, 0.3) is 0 Å². The van der Waals surface area contributed by atoms with Gasteiger partial charge in [0.1, 0.15) is 0 Å². The first kappa shape index (κ1) is 25.5. The molecule has 6 heteroatoms. The van der Waals surface area contributed by atoms with E-state index in [9.17, 15) is 5.11 Å². The summed E-state index contributed by atoms with van der Waals surface area (Å²) in [5.41, 5.74) is -0.664. The maximum absolute atomic E-state index is 10.4. The first-order chi connectivity index (χ1) is 10.6. The van der Waals surface area contributed by atoms with Crippen LogP contribution in [-0.2, 0) is 8.85 Å². The lowest BCUT2D eigenvalue weighted by molar-refractivity contribution is 0.0551. The third-order valence-electron chi connectivity index (χ3n) is 6.56. The van der Waals surface area contributed by atoms with E-state index in [0.717, 1.165) is 6.42 Å². The lowest BCUT2D eigenvalue weighted by Gasteiger charge is -2.55. The molecule has 0 aromatic carbocycles. The summed E-state index contributed by atoms with van der Waals surface area (Å²) in [6.07, 6.45) is 0.785. The predicted octanol–water partition coefficient (Wildman–Crippen LogP) is 5.49. The van der Waals surface area contributed by atoms with Crippen LogP contribution in [0.5, 0.6) is 0 Å². The second kappa shape index (κ2) is 7.51. The van der Waals surface area contributed by atoms with Gasteiger partial charge in [0.15, 0.2) is 9.04 Å². The Labute approximate surface area is 161 Å². The average molecular weight is 407 g/mol. The number of hydrogen-bond donors (Lipinski definition) is 1. The van der Waals surface area contributed by atoms with E-state index in [-0.39, 0.29) is 15.5 Å². The molecule has 0 rings (SSSR count). The van der Waals surface area contributed by atoms with E-state index in [0.29, 0.717) is 0 Å². The maximum atomic E-state index is 10.4. The zero-order valence-corrected chi connectivity index (χ0v) is 22.7. The molecule has 0 aromatic rings. The molecule has 3 nitrogen and oxygen atoms in total. The monoisotopic (exact) mass is 406 g/mol. The topological polar surface area (TPSA) is 38.7 Å². The van der Waals surface area contributed by atoms with Gasteiger partial charge in [-0.15, -0.1) is 0 Å². The third-order valence-corrected chi connectivity index (χ3v) is 18.8. The molecule has 25 heavy (non-hydrogen) atoms. The Morgan fingerprint density at radius 3 is 1.52 bits per heavy atom. The quantitative estimate of drug-likeness (QED) is 0.514. The first-order valence-electron chi connectivity index (χ1n) is 9.68. The molecule has 0 bridgehead atoms. The van der Waals surface area contributed by atoms with Gasteiger partial charge in [-0.05, 0) is 79.2 Å². The Morgan fingerprint density at radius 2 is 1.20 bits per heavy atom. The minimum atomic E-state index is -2.09. The van der Waals surface area contributed by atoms with Crippen LogP contribution in [0.2, 0.25) is 44.3 Å². The van der Waals surface area contributed by atoms with Gasteiger partial charge < -0.3 is 14.0 Å². The molecule has 0 heterocycles. The van der Waals surface area contributed by atoms with Crippen LogP contribution in [-0.4, -0.2) is 46.6 Å². The van der Waals surface area contributed by atoms with Crippen molar-refractivity contribution in [3.63, 3.8) is 0 Å². The zero-order valence-electron chi connectivity index (χ0n) is 19.5. The van der Waals surface area contributed by atoms with Gasteiger partial charge in [-0.25, -0.2) is 0 Å². The maximum Gasteiger partial charge on any atom is 0.216 e. The number of rotatable bonds is 9. The van der Waals surface area contributed by atoms with Crippen molar-refractivity contribution >= 4 is 25.4 Å². The molecule has 0 aliphatic heterocycles. The van der Waals surface area contributed by atoms with Crippen LogP contribution in [0.3, 0.4) is 0 Å². The van der Waals surface area contributed by atoms with Gasteiger partial charge >= 0.3 is 0 Å². The predicted molar refractivity (Wildman–Crippen MR) is 119 cm³/mol. The van der Waals surface area contributed by atoms with Crippen molar-refractivity contribution in [2.24, 2.45) is 0 Å². The minimum Gasteiger partial charge on any atom is -0.416 e. The van der Waals surface area contributed by atoms with Crippen molar-refractivity contribution in [1.82, 2.24) is 0 Å². The van der Waals surface area contributed by atoms with Crippen molar-refractivity contribution in [2.45, 2.75) is 122 Å². The molecule has 0 radical (unpaired) electrons. The van der Waals surface area contributed by atoms with Crippen molar-refractivity contribution in [3.8, 4) is 0 Å². The third kappa shape index (κ3) is 6.28. The molecule has 0 amide bonds. The van der Waals surface area contributed by atoms with Gasteiger partial charge in [0, 0.05) is 5.22 Å². The van der Waals surface area contributed by atoms with Gasteiger partial charge in [-0.3, -0.25) is 0 Å². The van der Waals surface area contributed by atoms with Gasteiger partial charge in [-0.1, -0.05) is 26.9 Å². The van der Waals surface area contributed by atoms with Crippen LogP contribution in [0.15, 0.2) is 0 Å². The Balaban J connectivity index is 5.67. The van der Waals surface area contributed by atoms with Crippen LogP contribution >= 0.6 is 0 Å². The molecular weight excluding hydrogens is 360 g/mol. The first-order valence-corrected chi connectivity index (χ1v) is 18.4. The molecule has 152 valence electrons.